The van der Waals surface area contributed by atoms with Crippen LogP contribution in [0.15, 0.2) is 119 Å². The minimum Gasteiger partial charge on any atom is -0.493 e. The summed E-state index contributed by atoms with van der Waals surface area (Å²) in [5.41, 5.74) is 19.1. The molecule has 3 aliphatic carbocycles. The van der Waals surface area contributed by atoms with Crippen LogP contribution in [0.1, 0.15) is 81.7 Å². The summed E-state index contributed by atoms with van der Waals surface area (Å²) < 4.78 is 17.9. The van der Waals surface area contributed by atoms with Gasteiger partial charge < -0.3 is 19.2 Å². The highest BCUT2D eigenvalue weighted by molar-refractivity contribution is 5.73. The minimum atomic E-state index is 0.501. The summed E-state index contributed by atoms with van der Waals surface area (Å²) in [7, 11) is 0. The number of nitrogens with zero attached hydrogens (tertiary/aromatic N) is 7. The molecule has 13 nitrogen and oxygen atoms in total. The first-order valence-corrected chi connectivity index (χ1v) is 23.9. The molecule has 0 bridgehead atoms. The van der Waals surface area contributed by atoms with E-state index < -0.39 is 0 Å². The lowest BCUT2D eigenvalue weighted by Gasteiger charge is -2.17. The molecule has 68 heavy (non-hydrogen) atoms. The molecule has 5 aliphatic heterocycles. The Hall–Kier alpha value is -7.41. The van der Waals surface area contributed by atoms with E-state index in [0.717, 1.165) is 83.8 Å². The van der Waals surface area contributed by atoms with Crippen molar-refractivity contribution in [2.45, 2.75) is 64.2 Å². The summed E-state index contributed by atoms with van der Waals surface area (Å²) in [5, 5.41) is 14.8. The van der Waals surface area contributed by atoms with E-state index in [1.54, 1.807) is 12.7 Å². The molecule has 15 rings (SSSR count). The first-order valence-electron chi connectivity index (χ1n) is 23.9. The van der Waals surface area contributed by atoms with Crippen LogP contribution in [-0.4, -0.2) is 72.6 Å². The summed E-state index contributed by atoms with van der Waals surface area (Å²) in [6, 6.07) is 19.5. The smallest absolute Gasteiger partial charge is 0.122 e. The quantitative estimate of drug-likeness (QED) is 0.148. The fourth-order valence-electron chi connectivity index (χ4n) is 12.2. The number of allylic oxidation sites excluding steroid dienone is 4. The van der Waals surface area contributed by atoms with Crippen LogP contribution in [0.5, 0.6) is 17.2 Å². The van der Waals surface area contributed by atoms with Crippen LogP contribution in [0, 0.1) is 57.3 Å². The third-order valence-electron chi connectivity index (χ3n) is 15.5. The van der Waals surface area contributed by atoms with Gasteiger partial charge in [-0.3, -0.25) is 20.2 Å². The van der Waals surface area contributed by atoms with Gasteiger partial charge in [0.15, 0.2) is 0 Å². The van der Waals surface area contributed by atoms with Gasteiger partial charge in [-0.2, -0.15) is 10.2 Å². The molecular weight excluding hydrogens is 849 g/mol. The van der Waals surface area contributed by atoms with Crippen LogP contribution < -0.4 is 14.2 Å². The molecule has 3 saturated carbocycles. The predicted molar refractivity (Wildman–Crippen MR) is 260 cm³/mol. The summed E-state index contributed by atoms with van der Waals surface area (Å²) in [5.74, 6) is 8.03. The van der Waals surface area contributed by atoms with Crippen molar-refractivity contribution in [2.24, 2.45) is 39.6 Å². The van der Waals surface area contributed by atoms with E-state index >= 15 is 0 Å². The molecule has 9 heterocycles. The number of H-pyrrole nitrogens is 3. The Balaban J connectivity index is 0.000000101. The van der Waals surface area contributed by atoms with E-state index in [0.29, 0.717) is 53.3 Å². The normalized spacial score (nSPS) is 26.5. The van der Waals surface area contributed by atoms with Crippen LogP contribution in [0.25, 0.3) is 33.4 Å². The first-order chi connectivity index (χ1) is 33.4. The average Bonchev–Trinajstić information content (AvgIpc) is 4.05. The number of aliphatic imine (C=N–C) groups is 2. The number of imidazole rings is 1. The molecule has 0 amide bonds. The van der Waals surface area contributed by atoms with Gasteiger partial charge in [-0.25, -0.2) is 15.0 Å². The zero-order valence-electron chi connectivity index (χ0n) is 38.5. The number of hydrogen-bond acceptors (Lipinski definition) is 10. The molecule has 13 heteroatoms. The molecule has 3 fully saturated rings. The van der Waals surface area contributed by atoms with Gasteiger partial charge in [0.1, 0.15) is 23.6 Å². The Labute approximate surface area is 394 Å². The van der Waals surface area contributed by atoms with Crippen molar-refractivity contribution < 1.29 is 14.2 Å². The second-order valence-electron chi connectivity index (χ2n) is 19.4. The lowest BCUT2D eigenvalue weighted by atomic mass is 9.97. The predicted octanol–water partition coefficient (Wildman–Crippen LogP) is 10.3. The number of ether oxygens (including phenoxy) is 3. The van der Waals surface area contributed by atoms with E-state index in [1.165, 1.54) is 56.0 Å². The SMILES string of the molecule is C1=NC([C@@H]2[C@H]3COc4ccc(-c5cncnc5)cc4[C@H]32)=CC1.Cc1n[nH]c(C)c1-c1ccc2c(c1)[C@@H]1[C@H](CO2)[C@H]1C1=CCC=N1.Cc1n[nH]c(C)c1-c1ccc2c(c1)[C@@H]1[C@H](CO2)[C@H]1c1cnc[nH]1. The second-order valence-corrected chi connectivity index (χ2v) is 19.4. The van der Waals surface area contributed by atoms with Gasteiger partial charge in [0.2, 0.25) is 0 Å². The van der Waals surface area contributed by atoms with Crippen LogP contribution in [0.3, 0.4) is 0 Å². The highest BCUT2D eigenvalue weighted by Crippen LogP contribution is 2.65. The van der Waals surface area contributed by atoms with Crippen LogP contribution in [-0.2, 0) is 0 Å². The van der Waals surface area contributed by atoms with E-state index in [1.807, 2.05) is 37.9 Å². The van der Waals surface area contributed by atoms with Crippen molar-refractivity contribution in [1.82, 2.24) is 40.3 Å². The van der Waals surface area contributed by atoms with Gasteiger partial charge in [0, 0.05) is 142 Å². The van der Waals surface area contributed by atoms with E-state index in [-0.39, 0.29) is 0 Å². The van der Waals surface area contributed by atoms with Gasteiger partial charge >= 0.3 is 0 Å². The lowest BCUT2D eigenvalue weighted by molar-refractivity contribution is 0.276. The number of benzene rings is 3. The zero-order chi connectivity index (χ0) is 45.6. The Morgan fingerprint density at radius 2 is 0.971 bits per heavy atom. The van der Waals surface area contributed by atoms with Gasteiger partial charge in [0.25, 0.3) is 0 Å². The Bertz CT molecular complexity index is 3180. The third kappa shape index (κ3) is 6.92. The van der Waals surface area contributed by atoms with Crippen molar-refractivity contribution in [1.29, 1.82) is 0 Å². The number of aromatic amines is 3. The molecule has 3 N–H and O–H groups in total. The highest BCUT2D eigenvalue weighted by Gasteiger charge is 2.58. The summed E-state index contributed by atoms with van der Waals surface area (Å²) >= 11 is 0. The second kappa shape index (κ2) is 16.1. The largest absolute Gasteiger partial charge is 0.493 e. The van der Waals surface area contributed by atoms with Crippen molar-refractivity contribution in [3.63, 3.8) is 0 Å². The summed E-state index contributed by atoms with van der Waals surface area (Å²) in [6.45, 7) is 10.7. The Kier molecular flexibility index (Phi) is 9.69. The molecule has 4 aromatic heterocycles. The molecule has 0 radical (unpaired) electrons. The number of fused-ring (bicyclic) bond motifs is 9. The number of nitrogens with one attached hydrogen (secondary N) is 3. The molecule has 8 aliphatic rings. The van der Waals surface area contributed by atoms with Gasteiger partial charge in [-0.15, -0.1) is 0 Å². The molecule has 0 spiro atoms. The fraction of sp³-hybridized carbons (Fsp3) is 0.327. The van der Waals surface area contributed by atoms with Crippen LogP contribution in [0.2, 0.25) is 0 Å². The molecule has 0 unspecified atom stereocenters. The molecule has 3 aromatic carbocycles. The van der Waals surface area contributed by atoms with Crippen LogP contribution >= 0.6 is 0 Å². The molecule has 9 atom stereocenters. The molecule has 0 saturated heterocycles. The molecular formula is C55H52N10O3. The van der Waals surface area contributed by atoms with Gasteiger partial charge in [0.05, 0.1) is 37.5 Å². The van der Waals surface area contributed by atoms with E-state index in [4.69, 9.17) is 14.2 Å². The van der Waals surface area contributed by atoms with E-state index in [2.05, 4.69) is 138 Å². The maximum atomic E-state index is 6.00. The lowest BCUT2D eigenvalue weighted by Crippen LogP contribution is -2.08. The maximum Gasteiger partial charge on any atom is 0.122 e. The minimum absolute atomic E-state index is 0.501. The fourth-order valence-corrected chi connectivity index (χ4v) is 12.2. The van der Waals surface area contributed by atoms with Gasteiger partial charge in [-0.1, -0.05) is 30.4 Å². The van der Waals surface area contributed by atoms with Crippen molar-refractivity contribution in [2.75, 3.05) is 19.8 Å². The number of rotatable bonds is 6. The maximum absolute atomic E-state index is 6.00. The average molecular weight is 901 g/mol. The number of aryl methyl sites for hydroxylation is 4. The summed E-state index contributed by atoms with van der Waals surface area (Å²) in [6.07, 6.45) is 19.4. The third-order valence-corrected chi connectivity index (χ3v) is 15.5. The van der Waals surface area contributed by atoms with Crippen molar-refractivity contribution in [3.05, 3.63) is 155 Å². The number of hydrogen-bond donors (Lipinski definition) is 3. The molecule has 340 valence electrons. The van der Waals surface area contributed by atoms with Crippen molar-refractivity contribution in [3.8, 4) is 50.6 Å². The Morgan fingerprint density at radius 3 is 1.41 bits per heavy atom. The Morgan fingerprint density at radius 1 is 0.500 bits per heavy atom. The highest BCUT2D eigenvalue weighted by atomic mass is 16.5. The van der Waals surface area contributed by atoms with E-state index in [9.17, 15) is 0 Å². The topological polar surface area (TPSA) is 164 Å². The monoisotopic (exact) mass is 900 g/mol. The number of aromatic nitrogens is 8. The zero-order valence-corrected chi connectivity index (χ0v) is 38.5. The first kappa shape index (κ1) is 40.8. The summed E-state index contributed by atoms with van der Waals surface area (Å²) in [4.78, 5) is 24.8. The van der Waals surface area contributed by atoms with Crippen LogP contribution in [0.4, 0.5) is 0 Å². The standard InChI is InChI=1S/C19H19N3O.C18H18N4O.C18H15N3O/c1-10-17(11(2)22-21-10)12-5-6-16-13(8-12)18-14(9-23-16)19(18)15-4-3-7-20-15;1-9-16(10(2)22-21-9)11-3-4-15-12(5-11)17-13(7-23-15)18(17)14-6-19-8-20-14;1-2-15(21-5-1)18-14-9-22-16-4-3-11(6-13(16)17(14)18)12-7-19-10-20-8-12/h4-8,14,18-19H,3,9H2,1-2H3,(H,21,22);3-6,8,13,17-18H,7H2,1-2H3,(H,19,20)(H,21,22);2-8,10,14,17-18H,1,9H2/t14-,18+,19-;13-,17+,18-;14-,17+,18-/m000/s1. The molecule has 7 aromatic rings. The van der Waals surface area contributed by atoms with Gasteiger partial charge in [-0.05, 0) is 97.5 Å². The van der Waals surface area contributed by atoms with Crippen molar-refractivity contribution >= 4 is 12.4 Å².